The van der Waals surface area contributed by atoms with Crippen LogP contribution in [0.4, 0.5) is 0 Å². The highest BCUT2D eigenvalue weighted by Gasteiger charge is 2.37. The number of unbranched alkanes of at least 4 members (excludes halogenated alkanes) is 22. The Bertz CT molecular complexity index is 871. The van der Waals surface area contributed by atoms with Gasteiger partial charge in [0, 0.05) is 15.6 Å². The number of aliphatic hydroxyl groups is 5. The van der Waals surface area contributed by atoms with Crippen molar-refractivity contribution in [1.82, 2.24) is 0 Å². The summed E-state index contributed by atoms with van der Waals surface area (Å²) >= 11 is 0. The van der Waals surface area contributed by atoms with Gasteiger partial charge in [0.1, 0.15) is 37.1 Å². The molecule has 0 aromatic rings. The van der Waals surface area contributed by atoms with E-state index in [1.54, 1.807) is 0 Å². The van der Waals surface area contributed by atoms with Crippen LogP contribution in [-0.4, -0.2) is 74.4 Å². The average molecular weight is 713 g/mol. The minimum atomic E-state index is -1.99. The summed E-state index contributed by atoms with van der Waals surface area (Å²) in [6, 6.07) is 0. The number of carbonyl (C=O) groups is 2. The number of Topliss-reactive ketones (excluding diaryl/α,β-unsaturated/α-hetero) is 1. The van der Waals surface area contributed by atoms with E-state index in [1.807, 2.05) is 0 Å². The third-order valence-corrected chi connectivity index (χ3v) is 9.28. The zero-order valence-electron chi connectivity index (χ0n) is 33.6. The maximum atomic E-state index is 12.4. The lowest BCUT2D eigenvalue weighted by atomic mass is 9.95. The number of ketones is 1. The standard InChI is InChI=1S/C42H78O8/c1-3-5-7-9-11-13-15-17-19-21-23-25-27-29-31-33-36(43)39(46)41(48)42(49)40(47)37(44)35-50-38(45)34-32-30-28-26-24-22-20-18-16-14-12-10-8-6-4-2/h13-16,37,39-42,44,46-49H,3-12,17-35H2,1-2H3/b15-13+,16-14+/t37-,39?,40-,41+,42+/m1/s1/i1D,2D. The monoisotopic (exact) mass is 713 g/mol. The summed E-state index contributed by atoms with van der Waals surface area (Å²) in [4.78, 5) is 24.5. The van der Waals surface area contributed by atoms with Crippen LogP contribution in [0.2, 0.25) is 0 Å². The fraction of sp³-hybridized carbons (Fsp3) is 0.857. The van der Waals surface area contributed by atoms with E-state index in [0.717, 1.165) is 96.3 Å². The van der Waals surface area contributed by atoms with Crippen molar-refractivity contribution in [2.24, 2.45) is 0 Å². The van der Waals surface area contributed by atoms with Crippen LogP contribution in [0.1, 0.15) is 196 Å². The van der Waals surface area contributed by atoms with E-state index < -0.39 is 48.9 Å². The summed E-state index contributed by atoms with van der Waals surface area (Å²) in [6.07, 6.45) is 27.6. The van der Waals surface area contributed by atoms with Crippen molar-refractivity contribution in [3.05, 3.63) is 24.3 Å². The van der Waals surface area contributed by atoms with Crippen LogP contribution in [0, 0.1) is 0 Å². The molecular formula is C42H78O8. The van der Waals surface area contributed by atoms with Crippen molar-refractivity contribution >= 4 is 11.8 Å². The zero-order chi connectivity index (χ0) is 38.5. The van der Waals surface area contributed by atoms with E-state index in [1.165, 1.54) is 57.8 Å². The van der Waals surface area contributed by atoms with E-state index in [9.17, 15) is 35.1 Å². The van der Waals surface area contributed by atoms with E-state index in [4.69, 9.17) is 7.48 Å². The first kappa shape index (κ1) is 44.6. The first-order chi connectivity index (χ1) is 25.3. The van der Waals surface area contributed by atoms with Crippen molar-refractivity contribution in [3.8, 4) is 0 Å². The fourth-order valence-electron chi connectivity index (χ4n) is 5.87. The van der Waals surface area contributed by atoms with Gasteiger partial charge in [-0.15, -0.1) is 0 Å². The number of hydrogen-bond acceptors (Lipinski definition) is 8. The number of hydrogen-bond donors (Lipinski definition) is 5. The Morgan fingerprint density at radius 2 is 0.880 bits per heavy atom. The third kappa shape index (κ3) is 29.0. The predicted octanol–water partition coefficient (Wildman–Crippen LogP) is 8.98. The van der Waals surface area contributed by atoms with Gasteiger partial charge < -0.3 is 30.3 Å². The van der Waals surface area contributed by atoms with Crippen molar-refractivity contribution in [1.29, 1.82) is 0 Å². The van der Waals surface area contributed by atoms with Crippen molar-refractivity contribution in [2.45, 2.75) is 224 Å². The van der Waals surface area contributed by atoms with Gasteiger partial charge in [0.15, 0.2) is 5.78 Å². The molecule has 8 heteroatoms. The molecule has 0 aromatic carbocycles. The van der Waals surface area contributed by atoms with Crippen LogP contribution in [0.5, 0.6) is 0 Å². The van der Waals surface area contributed by atoms with Crippen LogP contribution in [0.25, 0.3) is 0 Å². The molecule has 0 heterocycles. The van der Waals surface area contributed by atoms with Gasteiger partial charge in [0.05, 0.1) is 0 Å². The number of carbonyl (C=O) groups excluding carboxylic acids is 2. The van der Waals surface area contributed by atoms with Crippen LogP contribution >= 0.6 is 0 Å². The first-order valence-electron chi connectivity index (χ1n) is 21.6. The molecule has 0 amide bonds. The van der Waals surface area contributed by atoms with Crippen molar-refractivity contribution < 1.29 is 42.6 Å². The normalized spacial score (nSPS) is 15.5. The maximum Gasteiger partial charge on any atom is 0.305 e. The first-order valence-corrected chi connectivity index (χ1v) is 20.2. The second-order valence-electron chi connectivity index (χ2n) is 14.0. The van der Waals surface area contributed by atoms with Crippen LogP contribution in [-0.2, 0) is 14.3 Å². The number of rotatable bonds is 37. The Morgan fingerprint density at radius 1 is 0.500 bits per heavy atom. The molecule has 50 heavy (non-hydrogen) atoms. The number of aliphatic hydroxyl groups excluding tert-OH is 5. The lowest BCUT2D eigenvalue weighted by molar-refractivity contribution is -0.163. The van der Waals surface area contributed by atoms with E-state index in [-0.39, 0.29) is 12.8 Å². The number of esters is 1. The van der Waals surface area contributed by atoms with E-state index in [0.29, 0.717) is 26.6 Å². The highest BCUT2D eigenvalue weighted by Crippen LogP contribution is 2.16. The molecule has 0 saturated carbocycles. The summed E-state index contributed by atoms with van der Waals surface area (Å²) in [5.41, 5.74) is 0. The van der Waals surface area contributed by atoms with Gasteiger partial charge in [0.25, 0.3) is 0 Å². The van der Waals surface area contributed by atoms with Gasteiger partial charge in [0.2, 0.25) is 0 Å². The molecule has 0 aliphatic carbocycles. The van der Waals surface area contributed by atoms with Gasteiger partial charge in [-0.05, 0) is 64.2 Å². The zero-order valence-corrected chi connectivity index (χ0v) is 31.6. The van der Waals surface area contributed by atoms with E-state index in [2.05, 4.69) is 24.3 Å². The molecule has 0 rings (SSSR count). The summed E-state index contributed by atoms with van der Waals surface area (Å²) < 4.78 is 19.3. The minimum absolute atomic E-state index is 0.0439. The number of ether oxygens (including phenoxy) is 1. The quantitative estimate of drug-likeness (QED) is 0.0244. The topological polar surface area (TPSA) is 145 Å². The average Bonchev–Trinajstić information content (AvgIpc) is 3.15. The fourth-order valence-corrected chi connectivity index (χ4v) is 5.87. The van der Waals surface area contributed by atoms with E-state index >= 15 is 0 Å². The lowest BCUT2D eigenvalue weighted by Gasteiger charge is -2.28. The smallest absolute Gasteiger partial charge is 0.305 e. The molecule has 294 valence electrons. The Labute approximate surface area is 309 Å². The molecule has 0 saturated heterocycles. The van der Waals surface area contributed by atoms with Crippen LogP contribution in [0.3, 0.4) is 0 Å². The van der Waals surface area contributed by atoms with Crippen LogP contribution < -0.4 is 0 Å². The highest BCUT2D eigenvalue weighted by atomic mass is 16.5. The Balaban J connectivity index is 3.87. The maximum absolute atomic E-state index is 12.4. The Morgan fingerprint density at radius 3 is 1.32 bits per heavy atom. The van der Waals surface area contributed by atoms with Gasteiger partial charge in [-0.1, -0.05) is 141 Å². The second-order valence-corrected chi connectivity index (χ2v) is 14.0. The highest BCUT2D eigenvalue weighted by molar-refractivity contribution is 5.83. The molecule has 0 aliphatic heterocycles. The molecule has 0 fully saturated rings. The van der Waals surface area contributed by atoms with Gasteiger partial charge >= 0.3 is 5.97 Å². The summed E-state index contributed by atoms with van der Waals surface area (Å²) in [6.45, 7) is 0.500. The van der Waals surface area contributed by atoms with Crippen molar-refractivity contribution in [3.63, 3.8) is 0 Å². The van der Waals surface area contributed by atoms with Crippen molar-refractivity contribution in [2.75, 3.05) is 6.61 Å². The molecule has 0 aliphatic rings. The molecule has 0 aromatic heterocycles. The number of allylic oxidation sites excluding steroid dienone is 4. The molecule has 8 nitrogen and oxygen atoms in total. The van der Waals surface area contributed by atoms with Gasteiger partial charge in [-0.25, -0.2) is 0 Å². The molecule has 0 bridgehead atoms. The lowest BCUT2D eigenvalue weighted by Crippen LogP contribution is -2.52. The molecule has 0 radical (unpaired) electrons. The predicted molar refractivity (Wildman–Crippen MR) is 205 cm³/mol. The largest absolute Gasteiger partial charge is 0.463 e. The SMILES string of the molecule is [2H]CCCCCC/C=C/CCCCCCCCCC(=O)OC[C@@H](O)[C@@H](O)[C@H](O)[C@@H](O)C(O)C(=O)CCCCCCCCC/C=C/CCCCCC[2H]. The molecule has 5 N–H and O–H groups in total. The third-order valence-electron chi connectivity index (χ3n) is 9.28. The summed E-state index contributed by atoms with van der Waals surface area (Å²) in [7, 11) is 0. The molecule has 1 unspecified atom stereocenters. The molecular weight excluding hydrogens is 632 g/mol. The molecule has 5 atom stereocenters. The minimum Gasteiger partial charge on any atom is -0.463 e. The summed E-state index contributed by atoms with van der Waals surface area (Å²) in [5.74, 6) is -1.15. The second kappa shape index (κ2) is 35.8. The molecule has 0 spiro atoms. The van der Waals surface area contributed by atoms with Gasteiger partial charge in [-0.3, -0.25) is 9.59 Å². The van der Waals surface area contributed by atoms with Gasteiger partial charge in [-0.2, -0.15) is 0 Å². The van der Waals surface area contributed by atoms with Crippen LogP contribution in [0.15, 0.2) is 24.3 Å². The summed E-state index contributed by atoms with van der Waals surface area (Å²) in [5, 5.41) is 51.3. The Kier molecular flexibility index (Phi) is 31.9. The Hall–Kier alpha value is -1.58.